The molecule has 1 atom stereocenters. The summed E-state index contributed by atoms with van der Waals surface area (Å²) in [6, 6.07) is 0. The van der Waals surface area contributed by atoms with Crippen LogP contribution in [0.15, 0.2) is 59.8 Å². The van der Waals surface area contributed by atoms with Gasteiger partial charge in [-0.3, -0.25) is 4.79 Å². The van der Waals surface area contributed by atoms with E-state index in [2.05, 4.69) is 0 Å². The summed E-state index contributed by atoms with van der Waals surface area (Å²) in [5.74, 6) is 0.150. The third kappa shape index (κ3) is 1.45. The smallest absolute Gasteiger partial charge is 0.146 e. The fourth-order valence-electron chi connectivity index (χ4n) is 1.57. The van der Waals surface area contributed by atoms with Gasteiger partial charge in [-0.15, -0.1) is 0 Å². The lowest BCUT2D eigenvalue weighted by molar-refractivity contribution is -0.105. The molecule has 0 aromatic carbocycles. The van der Waals surface area contributed by atoms with Gasteiger partial charge in [-0.05, 0) is 5.57 Å². The predicted molar refractivity (Wildman–Crippen MR) is 53.1 cm³/mol. The third-order valence-corrected chi connectivity index (χ3v) is 2.25. The molecule has 0 amide bonds. The second-order valence-corrected chi connectivity index (χ2v) is 3.06. The average molecular weight is 170 g/mol. The third-order valence-electron chi connectivity index (χ3n) is 2.25. The summed E-state index contributed by atoms with van der Waals surface area (Å²) in [6.07, 6.45) is 16.7. The molecule has 0 aliphatic heterocycles. The molecule has 0 N–H and O–H groups in total. The zero-order valence-electron chi connectivity index (χ0n) is 7.18. The molecule has 0 saturated heterocycles. The molecule has 13 heavy (non-hydrogen) atoms. The van der Waals surface area contributed by atoms with E-state index in [-0.39, 0.29) is 5.92 Å². The van der Waals surface area contributed by atoms with Gasteiger partial charge in [0.1, 0.15) is 6.29 Å². The summed E-state index contributed by atoms with van der Waals surface area (Å²) >= 11 is 0. The summed E-state index contributed by atoms with van der Waals surface area (Å²) in [7, 11) is 0. The fraction of sp³-hybridized carbons (Fsp3) is 0.0833. The van der Waals surface area contributed by atoms with Gasteiger partial charge in [0.15, 0.2) is 0 Å². The van der Waals surface area contributed by atoms with Crippen molar-refractivity contribution in [3.05, 3.63) is 59.8 Å². The Morgan fingerprint density at radius 1 is 1.08 bits per heavy atom. The topological polar surface area (TPSA) is 17.1 Å². The van der Waals surface area contributed by atoms with Crippen LogP contribution < -0.4 is 0 Å². The first-order valence-corrected chi connectivity index (χ1v) is 4.30. The number of rotatable bonds is 1. The molecule has 64 valence electrons. The Morgan fingerprint density at radius 2 is 1.92 bits per heavy atom. The summed E-state index contributed by atoms with van der Waals surface area (Å²) < 4.78 is 0. The molecule has 0 aromatic rings. The molecule has 0 aromatic heterocycles. The molecule has 0 heterocycles. The predicted octanol–water partition coefficient (Wildman–Crippen LogP) is 2.35. The number of hydrogen-bond donors (Lipinski definition) is 0. The standard InChI is InChI=1S/C12H10O/c13-9-11-7-2-1-5-10-6-3-4-8-12(10)11/h1-9,12H. The molecule has 0 saturated carbocycles. The van der Waals surface area contributed by atoms with Crippen molar-refractivity contribution in [2.45, 2.75) is 0 Å². The lowest BCUT2D eigenvalue weighted by atomic mass is 9.88. The van der Waals surface area contributed by atoms with Crippen LogP contribution in [-0.4, -0.2) is 6.29 Å². The van der Waals surface area contributed by atoms with Crippen LogP contribution in [0.2, 0.25) is 0 Å². The van der Waals surface area contributed by atoms with Crippen LogP contribution in [0.3, 0.4) is 0 Å². The van der Waals surface area contributed by atoms with Crippen molar-refractivity contribution >= 4 is 6.29 Å². The Hall–Kier alpha value is -1.63. The van der Waals surface area contributed by atoms with Crippen LogP contribution in [0, 0.1) is 5.92 Å². The average Bonchev–Trinajstić information content (AvgIpc) is 2.39. The van der Waals surface area contributed by atoms with Gasteiger partial charge in [0, 0.05) is 11.5 Å². The second-order valence-electron chi connectivity index (χ2n) is 3.06. The molecule has 2 rings (SSSR count). The lowest BCUT2D eigenvalue weighted by Crippen LogP contribution is -2.05. The Labute approximate surface area is 77.5 Å². The zero-order valence-corrected chi connectivity index (χ0v) is 7.18. The quantitative estimate of drug-likeness (QED) is 0.552. The highest BCUT2D eigenvalue weighted by Crippen LogP contribution is 2.26. The van der Waals surface area contributed by atoms with E-state index in [1.165, 1.54) is 5.57 Å². The molecule has 1 nitrogen and oxygen atoms in total. The summed E-state index contributed by atoms with van der Waals surface area (Å²) in [4.78, 5) is 10.8. The minimum Gasteiger partial charge on any atom is -0.298 e. The first-order chi connectivity index (χ1) is 6.42. The van der Waals surface area contributed by atoms with Gasteiger partial charge in [-0.1, -0.05) is 48.6 Å². The first kappa shape index (κ1) is 7.99. The van der Waals surface area contributed by atoms with E-state index in [1.54, 1.807) is 0 Å². The number of carbonyl (C=O) groups excluding carboxylic acids is 1. The van der Waals surface area contributed by atoms with Crippen molar-refractivity contribution in [1.82, 2.24) is 0 Å². The highest BCUT2D eigenvalue weighted by molar-refractivity contribution is 5.77. The van der Waals surface area contributed by atoms with Crippen molar-refractivity contribution in [3.63, 3.8) is 0 Å². The van der Waals surface area contributed by atoms with E-state index in [4.69, 9.17) is 0 Å². The normalized spacial score (nSPS) is 24.5. The van der Waals surface area contributed by atoms with E-state index < -0.39 is 0 Å². The maximum atomic E-state index is 10.8. The molecule has 0 fully saturated rings. The highest BCUT2D eigenvalue weighted by Gasteiger charge is 2.15. The summed E-state index contributed by atoms with van der Waals surface area (Å²) in [6.45, 7) is 0. The maximum Gasteiger partial charge on any atom is 0.146 e. The van der Waals surface area contributed by atoms with E-state index >= 15 is 0 Å². The van der Waals surface area contributed by atoms with Crippen LogP contribution in [0.4, 0.5) is 0 Å². The molecule has 0 radical (unpaired) electrons. The van der Waals surface area contributed by atoms with Crippen LogP contribution in [0.5, 0.6) is 0 Å². The van der Waals surface area contributed by atoms with Gasteiger partial charge in [-0.25, -0.2) is 0 Å². The van der Waals surface area contributed by atoms with Crippen LogP contribution in [0.25, 0.3) is 0 Å². The molecule has 1 heteroatoms. The van der Waals surface area contributed by atoms with E-state index in [0.717, 1.165) is 11.9 Å². The summed E-state index contributed by atoms with van der Waals surface area (Å²) in [5.41, 5.74) is 2.00. The highest BCUT2D eigenvalue weighted by atomic mass is 16.1. The number of allylic oxidation sites excluding steroid dienone is 10. The van der Waals surface area contributed by atoms with Gasteiger partial charge in [0.2, 0.25) is 0 Å². The van der Waals surface area contributed by atoms with E-state index in [1.807, 2.05) is 48.6 Å². The Balaban J connectivity index is 2.45. The van der Waals surface area contributed by atoms with Gasteiger partial charge in [0.05, 0.1) is 0 Å². The molecular formula is C12H10O. The van der Waals surface area contributed by atoms with Crippen molar-refractivity contribution in [3.8, 4) is 0 Å². The summed E-state index contributed by atoms with van der Waals surface area (Å²) in [5, 5.41) is 0. The first-order valence-electron chi connectivity index (χ1n) is 4.30. The SMILES string of the molecule is O=CC1=CC=CC=C2C=CC=CC12. The van der Waals surface area contributed by atoms with Crippen LogP contribution >= 0.6 is 0 Å². The number of hydrogen-bond acceptors (Lipinski definition) is 1. The number of fused-ring (bicyclic) bond motifs is 1. The Morgan fingerprint density at radius 3 is 2.77 bits per heavy atom. The molecule has 2 aliphatic carbocycles. The van der Waals surface area contributed by atoms with Crippen LogP contribution in [-0.2, 0) is 4.79 Å². The Kier molecular flexibility index (Phi) is 2.09. The van der Waals surface area contributed by atoms with Gasteiger partial charge in [-0.2, -0.15) is 0 Å². The van der Waals surface area contributed by atoms with Gasteiger partial charge < -0.3 is 0 Å². The minimum absolute atomic E-state index is 0.150. The molecule has 0 bridgehead atoms. The van der Waals surface area contributed by atoms with E-state index in [9.17, 15) is 4.79 Å². The maximum absolute atomic E-state index is 10.8. The molecule has 1 unspecified atom stereocenters. The monoisotopic (exact) mass is 170 g/mol. The van der Waals surface area contributed by atoms with Gasteiger partial charge in [0.25, 0.3) is 0 Å². The molecule has 2 aliphatic rings. The second kappa shape index (κ2) is 3.40. The minimum atomic E-state index is 0.150. The van der Waals surface area contributed by atoms with E-state index in [0.29, 0.717) is 0 Å². The van der Waals surface area contributed by atoms with Gasteiger partial charge >= 0.3 is 0 Å². The van der Waals surface area contributed by atoms with Crippen molar-refractivity contribution < 1.29 is 4.79 Å². The van der Waals surface area contributed by atoms with Crippen molar-refractivity contribution in [2.24, 2.45) is 5.92 Å². The number of carbonyl (C=O) groups is 1. The van der Waals surface area contributed by atoms with Crippen LogP contribution in [0.1, 0.15) is 0 Å². The molecular weight excluding hydrogens is 160 g/mol. The largest absolute Gasteiger partial charge is 0.298 e. The lowest BCUT2D eigenvalue weighted by Gasteiger charge is -2.15. The fourth-order valence-corrected chi connectivity index (χ4v) is 1.57. The number of aldehydes is 1. The zero-order chi connectivity index (χ0) is 9.10. The van der Waals surface area contributed by atoms with Crippen molar-refractivity contribution in [1.29, 1.82) is 0 Å². The molecule has 0 spiro atoms. The van der Waals surface area contributed by atoms with Crippen molar-refractivity contribution in [2.75, 3.05) is 0 Å². The Bertz CT molecular complexity index is 349.